The van der Waals surface area contributed by atoms with Crippen molar-refractivity contribution in [1.29, 1.82) is 0 Å². The third-order valence-corrected chi connectivity index (χ3v) is 4.21. The van der Waals surface area contributed by atoms with Crippen molar-refractivity contribution in [2.75, 3.05) is 5.32 Å². The number of non-ortho nitro benzene ring substituents is 1. The molecule has 28 heavy (non-hydrogen) atoms. The number of carbonyl (C=O) groups is 1. The van der Waals surface area contributed by atoms with Crippen LogP contribution in [0.5, 0.6) is 0 Å². The minimum Gasteiger partial charge on any atom is -0.331 e. The molecule has 0 radical (unpaired) electrons. The van der Waals surface area contributed by atoms with E-state index in [0.717, 1.165) is 0 Å². The van der Waals surface area contributed by atoms with Crippen LogP contribution in [0.15, 0.2) is 42.5 Å². The summed E-state index contributed by atoms with van der Waals surface area (Å²) >= 11 is 0. The standard InChI is InChI=1S/C18H15N5O5/c1-11-19-14-9-15(17(23(27)28)10-16(14)21(11)2)20-18(24)8-5-12-3-6-13(7-4-12)22(25)26/h3-10H,1-2H3,(H,20,24)/b8-5+. The van der Waals surface area contributed by atoms with Gasteiger partial charge in [-0.05, 0) is 36.8 Å². The van der Waals surface area contributed by atoms with Crippen LogP contribution >= 0.6 is 0 Å². The maximum absolute atomic E-state index is 12.2. The largest absolute Gasteiger partial charge is 0.331 e. The predicted molar refractivity (Wildman–Crippen MR) is 103 cm³/mol. The summed E-state index contributed by atoms with van der Waals surface area (Å²) in [6.45, 7) is 1.77. The van der Waals surface area contributed by atoms with Crippen LogP contribution < -0.4 is 5.32 Å². The van der Waals surface area contributed by atoms with E-state index in [4.69, 9.17) is 0 Å². The lowest BCUT2D eigenvalue weighted by Crippen LogP contribution is -2.09. The Labute approximate surface area is 158 Å². The van der Waals surface area contributed by atoms with Crippen LogP contribution in [0, 0.1) is 27.2 Å². The van der Waals surface area contributed by atoms with Crippen molar-refractivity contribution in [1.82, 2.24) is 9.55 Å². The van der Waals surface area contributed by atoms with E-state index in [-0.39, 0.29) is 17.1 Å². The first kappa shape index (κ1) is 18.7. The number of nitrogens with zero attached hydrogens (tertiary/aromatic N) is 4. The van der Waals surface area contributed by atoms with Crippen molar-refractivity contribution in [2.45, 2.75) is 6.92 Å². The maximum Gasteiger partial charge on any atom is 0.295 e. The van der Waals surface area contributed by atoms with E-state index in [9.17, 15) is 25.0 Å². The number of amides is 1. The molecule has 142 valence electrons. The first-order chi connectivity index (χ1) is 13.3. The minimum absolute atomic E-state index is 0.0361. The number of aromatic nitrogens is 2. The first-order valence-electron chi connectivity index (χ1n) is 8.11. The average Bonchev–Trinajstić information content (AvgIpc) is 2.93. The number of aryl methyl sites for hydroxylation is 2. The summed E-state index contributed by atoms with van der Waals surface area (Å²) < 4.78 is 1.72. The van der Waals surface area contributed by atoms with Crippen LogP contribution in [0.1, 0.15) is 11.4 Å². The Morgan fingerprint density at radius 1 is 1.14 bits per heavy atom. The van der Waals surface area contributed by atoms with Crippen LogP contribution in [0.4, 0.5) is 17.1 Å². The van der Waals surface area contributed by atoms with Crippen LogP contribution in [-0.2, 0) is 11.8 Å². The van der Waals surface area contributed by atoms with E-state index < -0.39 is 15.8 Å². The summed E-state index contributed by atoms with van der Waals surface area (Å²) in [6, 6.07) is 8.45. The topological polar surface area (TPSA) is 133 Å². The molecule has 3 rings (SSSR count). The second-order valence-electron chi connectivity index (χ2n) is 6.00. The Balaban J connectivity index is 1.84. The van der Waals surface area contributed by atoms with Crippen molar-refractivity contribution in [3.05, 3.63) is 74.1 Å². The van der Waals surface area contributed by atoms with E-state index in [1.807, 2.05) is 0 Å². The molecule has 2 aromatic carbocycles. The number of carbonyl (C=O) groups excluding carboxylic acids is 1. The number of hydrogen-bond acceptors (Lipinski definition) is 6. The number of nitrogens with one attached hydrogen (secondary N) is 1. The number of benzene rings is 2. The number of nitro groups is 2. The second-order valence-corrected chi connectivity index (χ2v) is 6.00. The highest BCUT2D eigenvalue weighted by Gasteiger charge is 2.19. The highest BCUT2D eigenvalue weighted by molar-refractivity contribution is 6.04. The molecule has 0 unspecified atom stereocenters. The van der Waals surface area contributed by atoms with Gasteiger partial charge in [-0.3, -0.25) is 25.0 Å². The summed E-state index contributed by atoms with van der Waals surface area (Å²) in [5, 5.41) is 24.5. The van der Waals surface area contributed by atoms with E-state index in [0.29, 0.717) is 22.4 Å². The number of rotatable bonds is 5. The Bertz CT molecular complexity index is 1130. The SMILES string of the molecule is Cc1nc2cc(NC(=O)/C=C/c3ccc([N+](=O)[O-])cc3)c([N+](=O)[O-])cc2n1C. The molecule has 1 amide bonds. The molecule has 10 nitrogen and oxygen atoms in total. The lowest BCUT2D eigenvalue weighted by Gasteiger charge is -2.05. The molecule has 0 saturated carbocycles. The van der Waals surface area contributed by atoms with Gasteiger partial charge in [-0.15, -0.1) is 0 Å². The molecule has 0 atom stereocenters. The molecule has 1 heterocycles. The normalized spacial score (nSPS) is 11.1. The van der Waals surface area contributed by atoms with Crippen molar-refractivity contribution in [3.8, 4) is 0 Å². The van der Waals surface area contributed by atoms with Crippen LogP contribution in [0.2, 0.25) is 0 Å². The highest BCUT2D eigenvalue weighted by atomic mass is 16.6. The Kier molecular flexibility index (Phi) is 4.86. The van der Waals surface area contributed by atoms with E-state index >= 15 is 0 Å². The molecule has 1 aromatic heterocycles. The third-order valence-electron chi connectivity index (χ3n) is 4.21. The van der Waals surface area contributed by atoms with Gasteiger partial charge in [-0.25, -0.2) is 4.98 Å². The summed E-state index contributed by atoms with van der Waals surface area (Å²) in [7, 11) is 1.75. The zero-order valence-electron chi connectivity index (χ0n) is 14.9. The molecule has 3 aromatic rings. The molecule has 0 spiro atoms. The quantitative estimate of drug-likeness (QED) is 0.409. The Morgan fingerprint density at radius 2 is 1.82 bits per heavy atom. The highest BCUT2D eigenvalue weighted by Crippen LogP contribution is 2.30. The second kappa shape index (κ2) is 7.27. The number of hydrogen-bond donors (Lipinski definition) is 1. The molecular formula is C18H15N5O5. The van der Waals surface area contributed by atoms with Crippen molar-refractivity contribution in [3.63, 3.8) is 0 Å². The Hall–Kier alpha value is -4.08. The van der Waals surface area contributed by atoms with Gasteiger partial charge in [-0.2, -0.15) is 0 Å². The van der Waals surface area contributed by atoms with E-state index in [2.05, 4.69) is 10.3 Å². The van der Waals surface area contributed by atoms with Gasteiger partial charge in [0.2, 0.25) is 5.91 Å². The van der Waals surface area contributed by atoms with Crippen LogP contribution in [0.25, 0.3) is 17.1 Å². The molecule has 1 N–H and O–H groups in total. The number of nitro benzene ring substituents is 2. The summed E-state index contributed by atoms with van der Waals surface area (Å²) in [4.78, 5) is 37.4. The minimum atomic E-state index is -0.576. The van der Waals surface area contributed by atoms with Gasteiger partial charge < -0.3 is 9.88 Å². The fourth-order valence-corrected chi connectivity index (χ4v) is 2.65. The van der Waals surface area contributed by atoms with Gasteiger partial charge in [0, 0.05) is 31.3 Å². The molecule has 0 aliphatic rings. The number of fused-ring (bicyclic) bond motifs is 1. The van der Waals surface area contributed by atoms with Gasteiger partial charge in [0.15, 0.2) is 0 Å². The molecule has 0 fully saturated rings. The summed E-state index contributed by atoms with van der Waals surface area (Å²) in [5.41, 5.74) is 1.42. The lowest BCUT2D eigenvalue weighted by atomic mass is 10.2. The van der Waals surface area contributed by atoms with Gasteiger partial charge >= 0.3 is 0 Å². The fraction of sp³-hybridized carbons (Fsp3) is 0.111. The lowest BCUT2D eigenvalue weighted by molar-refractivity contribution is -0.384. The van der Waals surface area contributed by atoms with Gasteiger partial charge in [0.1, 0.15) is 11.5 Å². The number of imidazole rings is 1. The fourth-order valence-electron chi connectivity index (χ4n) is 2.65. The van der Waals surface area contributed by atoms with Crippen LogP contribution in [0.3, 0.4) is 0 Å². The smallest absolute Gasteiger partial charge is 0.295 e. The first-order valence-corrected chi connectivity index (χ1v) is 8.11. The summed E-state index contributed by atoms with van der Waals surface area (Å²) in [5.74, 6) is 0.110. The molecule has 10 heteroatoms. The van der Waals surface area contributed by atoms with Crippen molar-refractivity contribution < 1.29 is 14.6 Å². The van der Waals surface area contributed by atoms with Crippen LogP contribution in [-0.4, -0.2) is 25.3 Å². The van der Waals surface area contributed by atoms with E-state index in [1.165, 1.54) is 48.6 Å². The van der Waals surface area contributed by atoms with Gasteiger partial charge in [0.05, 0.1) is 20.9 Å². The molecule has 0 bridgehead atoms. The van der Waals surface area contributed by atoms with Crippen molar-refractivity contribution >= 4 is 40.1 Å². The van der Waals surface area contributed by atoms with Crippen molar-refractivity contribution in [2.24, 2.45) is 7.05 Å². The number of anilines is 1. The zero-order chi connectivity index (χ0) is 20.4. The molecular weight excluding hydrogens is 366 g/mol. The summed E-state index contributed by atoms with van der Waals surface area (Å²) in [6.07, 6.45) is 2.65. The third kappa shape index (κ3) is 3.70. The molecule has 0 aliphatic carbocycles. The van der Waals surface area contributed by atoms with Gasteiger partial charge in [-0.1, -0.05) is 0 Å². The molecule has 0 aliphatic heterocycles. The molecule has 0 saturated heterocycles. The average molecular weight is 381 g/mol. The zero-order valence-corrected chi connectivity index (χ0v) is 14.9. The monoisotopic (exact) mass is 381 g/mol. The maximum atomic E-state index is 12.2. The van der Waals surface area contributed by atoms with E-state index in [1.54, 1.807) is 18.5 Å². The Morgan fingerprint density at radius 3 is 2.43 bits per heavy atom. The predicted octanol–water partition coefficient (Wildman–Crippen LogP) is 3.35. The van der Waals surface area contributed by atoms with Gasteiger partial charge in [0.25, 0.3) is 11.4 Å².